The van der Waals surface area contributed by atoms with Crippen LogP contribution in [0, 0.1) is 11.3 Å². The quantitative estimate of drug-likeness (QED) is 0.233. The minimum Gasteiger partial charge on any atom is -0.309 e. The van der Waals surface area contributed by atoms with E-state index in [0.717, 1.165) is 27.5 Å². The van der Waals surface area contributed by atoms with Crippen molar-refractivity contribution in [2.45, 2.75) is 0 Å². The molecule has 0 saturated heterocycles. The van der Waals surface area contributed by atoms with E-state index in [1.54, 1.807) is 0 Å². The van der Waals surface area contributed by atoms with Gasteiger partial charge in [-0.1, -0.05) is 72.8 Å². The molecule has 0 aliphatic heterocycles. The Bertz CT molecular complexity index is 2260. The molecule has 0 N–H and O–H groups in total. The van der Waals surface area contributed by atoms with Crippen LogP contribution in [-0.4, -0.2) is 9.13 Å². The Balaban J connectivity index is 1.27. The monoisotopic (exact) mass is 509 g/mol. The van der Waals surface area contributed by atoms with Crippen LogP contribution in [0.5, 0.6) is 0 Å². The number of hydrogen-bond acceptors (Lipinski definition) is 1. The first-order valence-electron chi connectivity index (χ1n) is 13.4. The van der Waals surface area contributed by atoms with Crippen LogP contribution in [0.1, 0.15) is 5.56 Å². The fraction of sp³-hybridized carbons (Fsp3) is 0. The number of fused-ring (bicyclic) bond motifs is 6. The lowest BCUT2D eigenvalue weighted by atomic mass is 10.0. The molecule has 2 heterocycles. The molecule has 2 aromatic heterocycles. The Hall–Kier alpha value is -5.59. The summed E-state index contributed by atoms with van der Waals surface area (Å²) in [6, 6.07) is 51.4. The van der Waals surface area contributed by atoms with Gasteiger partial charge in [0.1, 0.15) is 0 Å². The number of rotatable bonds is 3. The Morgan fingerprint density at radius 1 is 0.400 bits per heavy atom. The average Bonchev–Trinajstić information content (AvgIpc) is 3.54. The third-order valence-electron chi connectivity index (χ3n) is 7.95. The summed E-state index contributed by atoms with van der Waals surface area (Å²) in [5, 5.41) is 14.2. The van der Waals surface area contributed by atoms with E-state index >= 15 is 0 Å². The molecule has 3 heteroatoms. The van der Waals surface area contributed by atoms with Gasteiger partial charge in [-0.05, 0) is 77.9 Å². The maximum atomic E-state index is 9.46. The molecule has 0 radical (unpaired) electrons. The summed E-state index contributed by atoms with van der Waals surface area (Å²) in [5.74, 6) is 0. The van der Waals surface area contributed by atoms with Crippen molar-refractivity contribution in [2.75, 3.05) is 0 Å². The summed E-state index contributed by atoms with van der Waals surface area (Å²) < 4.78 is 4.63. The molecule has 186 valence electrons. The van der Waals surface area contributed by atoms with Crippen molar-refractivity contribution in [3.63, 3.8) is 0 Å². The van der Waals surface area contributed by atoms with Gasteiger partial charge in [0, 0.05) is 32.9 Å². The van der Waals surface area contributed by atoms with E-state index in [4.69, 9.17) is 0 Å². The molecule has 40 heavy (non-hydrogen) atoms. The maximum Gasteiger partial charge on any atom is 0.0991 e. The normalized spacial score (nSPS) is 11.5. The molecule has 3 nitrogen and oxygen atoms in total. The van der Waals surface area contributed by atoms with Crippen molar-refractivity contribution in [3.05, 3.63) is 145 Å². The number of nitrogens with zero attached hydrogens (tertiary/aromatic N) is 3. The van der Waals surface area contributed by atoms with Crippen LogP contribution in [0.25, 0.3) is 66.1 Å². The second-order valence-corrected chi connectivity index (χ2v) is 10.2. The lowest BCUT2D eigenvalue weighted by molar-refractivity contribution is 1.18. The van der Waals surface area contributed by atoms with Gasteiger partial charge in [-0.25, -0.2) is 0 Å². The highest BCUT2D eigenvalue weighted by Crippen LogP contribution is 2.36. The molecule has 0 atom stereocenters. The maximum absolute atomic E-state index is 9.46. The van der Waals surface area contributed by atoms with Gasteiger partial charge in [0.05, 0.1) is 33.7 Å². The third-order valence-corrected chi connectivity index (χ3v) is 7.95. The van der Waals surface area contributed by atoms with Crippen molar-refractivity contribution in [3.8, 4) is 28.6 Å². The summed E-state index contributed by atoms with van der Waals surface area (Å²) in [4.78, 5) is 0. The molecule has 0 fully saturated rings. The standard InChI is InChI=1S/C37H23N3/c38-24-25-14-20-36-32(22-25)30-10-4-6-12-34(30)40(36)29-18-15-26(16-19-29)27-17-21-37-33(23-27)31-11-5-7-13-35(31)39(37)28-8-2-1-3-9-28/h1-23H. The van der Waals surface area contributed by atoms with Gasteiger partial charge in [0.2, 0.25) is 0 Å². The van der Waals surface area contributed by atoms with E-state index in [0.29, 0.717) is 5.56 Å². The van der Waals surface area contributed by atoms with Crippen molar-refractivity contribution >= 4 is 43.6 Å². The molecule has 0 aliphatic carbocycles. The predicted molar refractivity (Wildman–Crippen MR) is 165 cm³/mol. The van der Waals surface area contributed by atoms with Crippen molar-refractivity contribution in [1.82, 2.24) is 9.13 Å². The van der Waals surface area contributed by atoms with Gasteiger partial charge in [-0.3, -0.25) is 0 Å². The molecule has 0 aliphatic rings. The molecule has 8 rings (SSSR count). The molecule has 8 aromatic rings. The van der Waals surface area contributed by atoms with Gasteiger partial charge in [-0.15, -0.1) is 0 Å². The van der Waals surface area contributed by atoms with Crippen molar-refractivity contribution in [2.24, 2.45) is 0 Å². The number of aromatic nitrogens is 2. The van der Waals surface area contributed by atoms with Gasteiger partial charge in [0.15, 0.2) is 0 Å². The highest BCUT2D eigenvalue weighted by atomic mass is 15.0. The largest absolute Gasteiger partial charge is 0.309 e. The zero-order valence-electron chi connectivity index (χ0n) is 21.6. The van der Waals surface area contributed by atoms with E-state index in [2.05, 4.69) is 143 Å². The summed E-state index contributed by atoms with van der Waals surface area (Å²) in [6.45, 7) is 0. The van der Waals surface area contributed by atoms with Gasteiger partial charge >= 0.3 is 0 Å². The Labute approximate surface area is 231 Å². The van der Waals surface area contributed by atoms with E-state index < -0.39 is 0 Å². The summed E-state index contributed by atoms with van der Waals surface area (Å²) in [6.07, 6.45) is 0. The highest BCUT2D eigenvalue weighted by Gasteiger charge is 2.15. The molecular weight excluding hydrogens is 486 g/mol. The lowest BCUT2D eigenvalue weighted by Gasteiger charge is -2.10. The van der Waals surface area contributed by atoms with Gasteiger partial charge < -0.3 is 9.13 Å². The minimum atomic E-state index is 0.676. The van der Waals surface area contributed by atoms with E-state index in [-0.39, 0.29) is 0 Å². The molecular formula is C37H23N3. The van der Waals surface area contributed by atoms with Crippen LogP contribution in [0.4, 0.5) is 0 Å². The van der Waals surface area contributed by atoms with Gasteiger partial charge in [-0.2, -0.15) is 5.26 Å². The van der Waals surface area contributed by atoms with Crippen LogP contribution in [0.2, 0.25) is 0 Å². The Morgan fingerprint density at radius 2 is 0.900 bits per heavy atom. The fourth-order valence-electron chi connectivity index (χ4n) is 6.13. The van der Waals surface area contributed by atoms with Crippen LogP contribution in [0.15, 0.2) is 140 Å². The summed E-state index contributed by atoms with van der Waals surface area (Å²) in [7, 11) is 0. The second-order valence-electron chi connectivity index (χ2n) is 10.2. The smallest absolute Gasteiger partial charge is 0.0991 e. The Morgan fingerprint density at radius 3 is 1.55 bits per heavy atom. The predicted octanol–water partition coefficient (Wildman–Crippen LogP) is 9.42. The topological polar surface area (TPSA) is 33.6 Å². The molecule has 0 unspecified atom stereocenters. The zero-order chi connectivity index (χ0) is 26.6. The van der Waals surface area contributed by atoms with Crippen LogP contribution >= 0.6 is 0 Å². The number of para-hydroxylation sites is 3. The number of benzene rings is 6. The summed E-state index contributed by atoms with van der Waals surface area (Å²) >= 11 is 0. The van der Waals surface area contributed by atoms with Crippen LogP contribution < -0.4 is 0 Å². The number of hydrogen-bond donors (Lipinski definition) is 0. The van der Waals surface area contributed by atoms with E-state index in [9.17, 15) is 5.26 Å². The molecule has 6 aromatic carbocycles. The first kappa shape index (κ1) is 22.4. The first-order valence-corrected chi connectivity index (χ1v) is 13.4. The number of nitriles is 1. The third kappa shape index (κ3) is 3.30. The first-order chi connectivity index (χ1) is 19.8. The fourth-order valence-corrected chi connectivity index (χ4v) is 6.13. The van der Waals surface area contributed by atoms with Crippen molar-refractivity contribution in [1.29, 1.82) is 5.26 Å². The van der Waals surface area contributed by atoms with E-state index in [1.807, 2.05) is 12.1 Å². The summed E-state index contributed by atoms with van der Waals surface area (Å²) in [5.41, 5.74) is 9.95. The molecule has 0 bridgehead atoms. The molecule has 0 spiro atoms. The highest BCUT2D eigenvalue weighted by molar-refractivity contribution is 6.11. The second kappa shape index (κ2) is 8.73. The van der Waals surface area contributed by atoms with Crippen molar-refractivity contribution < 1.29 is 0 Å². The van der Waals surface area contributed by atoms with E-state index in [1.165, 1.54) is 38.6 Å². The lowest BCUT2D eigenvalue weighted by Crippen LogP contribution is -1.94. The van der Waals surface area contributed by atoms with Crippen LogP contribution in [-0.2, 0) is 0 Å². The minimum absolute atomic E-state index is 0.676. The average molecular weight is 510 g/mol. The SMILES string of the molecule is N#Cc1ccc2c(c1)c1ccccc1n2-c1ccc(-c2ccc3c(c2)c2ccccc2n3-c2ccccc2)cc1. The zero-order valence-corrected chi connectivity index (χ0v) is 21.6. The van der Waals surface area contributed by atoms with Gasteiger partial charge in [0.25, 0.3) is 0 Å². The molecule has 0 saturated carbocycles. The Kier molecular flexibility index (Phi) is 4.89. The van der Waals surface area contributed by atoms with Crippen LogP contribution in [0.3, 0.4) is 0 Å². The molecule has 0 amide bonds.